The first-order valence-electron chi connectivity index (χ1n) is 10.6. The summed E-state index contributed by atoms with van der Waals surface area (Å²) in [5.74, 6) is -2.10. The van der Waals surface area contributed by atoms with Crippen molar-refractivity contribution in [3.05, 3.63) is 96.1 Å². The van der Waals surface area contributed by atoms with Gasteiger partial charge in [0.05, 0.1) is 24.4 Å². The summed E-state index contributed by atoms with van der Waals surface area (Å²) >= 11 is 0. The van der Waals surface area contributed by atoms with Crippen molar-refractivity contribution in [1.82, 2.24) is 0 Å². The molecule has 0 radical (unpaired) electrons. The van der Waals surface area contributed by atoms with Crippen LogP contribution in [0.1, 0.15) is 35.7 Å². The summed E-state index contributed by atoms with van der Waals surface area (Å²) in [7, 11) is 0. The number of esters is 1. The van der Waals surface area contributed by atoms with Gasteiger partial charge in [0, 0.05) is 5.69 Å². The molecular formula is C26H26N2O4. The van der Waals surface area contributed by atoms with Crippen LogP contribution in [0.5, 0.6) is 0 Å². The van der Waals surface area contributed by atoms with Gasteiger partial charge in [-0.25, -0.2) is 4.79 Å². The number of carbonyl (C=O) groups excluding carboxylic acids is 3. The first-order valence-corrected chi connectivity index (χ1v) is 10.6. The summed E-state index contributed by atoms with van der Waals surface area (Å²) < 4.78 is 5.26. The normalized spacial score (nSPS) is 10.3. The van der Waals surface area contributed by atoms with Crippen molar-refractivity contribution in [2.24, 2.45) is 0 Å². The van der Waals surface area contributed by atoms with Crippen LogP contribution in [0.3, 0.4) is 0 Å². The molecule has 0 unspecified atom stereocenters. The average Bonchev–Trinajstić information content (AvgIpc) is 2.83. The fourth-order valence-corrected chi connectivity index (χ4v) is 3.11. The molecule has 0 saturated carbocycles. The van der Waals surface area contributed by atoms with E-state index in [0.717, 1.165) is 18.4 Å². The number of carbonyl (C=O) groups is 3. The number of nitrogens with one attached hydrogen (secondary N) is 1. The first kappa shape index (κ1) is 22.7. The van der Waals surface area contributed by atoms with Crippen LogP contribution >= 0.6 is 0 Å². The summed E-state index contributed by atoms with van der Waals surface area (Å²) in [5.41, 5.74) is 1.93. The van der Waals surface area contributed by atoms with Gasteiger partial charge in [0.2, 0.25) is 0 Å². The molecule has 0 atom stereocenters. The molecule has 32 heavy (non-hydrogen) atoms. The Morgan fingerprint density at radius 3 is 2.16 bits per heavy atom. The van der Waals surface area contributed by atoms with Gasteiger partial charge in [-0.15, -0.1) is 0 Å². The summed E-state index contributed by atoms with van der Waals surface area (Å²) in [6.07, 6.45) is 1.65. The third-order valence-electron chi connectivity index (χ3n) is 4.82. The molecule has 6 heteroatoms. The van der Waals surface area contributed by atoms with Gasteiger partial charge in [-0.05, 0) is 36.2 Å². The smallest absolute Gasteiger partial charge is 0.340 e. The van der Waals surface area contributed by atoms with E-state index < -0.39 is 17.8 Å². The molecule has 3 aromatic carbocycles. The zero-order chi connectivity index (χ0) is 22.8. The lowest BCUT2D eigenvalue weighted by molar-refractivity contribution is -0.134. The maximum absolute atomic E-state index is 13.1. The van der Waals surface area contributed by atoms with Gasteiger partial charge >= 0.3 is 17.8 Å². The number of nitrogens with zero attached hydrogens (tertiary/aromatic N) is 1. The second kappa shape index (κ2) is 11.5. The minimum Gasteiger partial charge on any atom is -0.462 e. The van der Waals surface area contributed by atoms with Crippen LogP contribution in [-0.2, 0) is 20.9 Å². The van der Waals surface area contributed by atoms with Crippen LogP contribution in [0.4, 0.5) is 11.4 Å². The summed E-state index contributed by atoms with van der Waals surface area (Å²) in [5, 5.41) is 2.59. The number of amides is 2. The summed E-state index contributed by atoms with van der Waals surface area (Å²) in [4.78, 5) is 39.9. The maximum atomic E-state index is 13.1. The Balaban J connectivity index is 1.80. The van der Waals surface area contributed by atoms with Gasteiger partial charge in [-0.2, -0.15) is 0 Å². The van der Waals surface area contributed by atoms with Crippen molar-refractivity contribution in [3.8, 4) is 0 Å². The number of anilines is 2. The van der Waals surface area contributed by atoms with Gasteiger partial charge in [-0.1, -0.05) is 74.0 Å². The highest BCUT2D eigenvalue weighted by molar-refractivity contribution is 6.44. The molecule has 164 valence electrons. The Labute approximate surface area is 187 Å². The van der Waals surface area contributed by atoms with E-state index in [1.165, 1.54) is 4.90 Å². The Bertz CT molecular complexity index is 1050. The third-order valence-corrected chi connectivity index (χ3v) is 4.82. The number of ether oxygens (including phenoxy) is 1. The van der Waals surface area contributed by atoms with Crippen molar-refractivity contribution in [1.29, 1.82) is 0 Å². The molecule has 0 aliphatic heterocycles. The van der Waals surface area contributed by atoms with Crippen LogP contribution in [0.15, 0.2) is 84.9 Å². The monoisotopic (exact) mass is 430 g/mol. The van der Waals surface area contributed by atoms with E-state index >= 15 is 0 Å². The van der Waals surface area contributed by atoms with Gasteiger partial charge in [0.15, 0.2) is 0 Å². The van der Waals surface area contributed by atoms with Crippen LogP contribution in [0.2, 0.25) is 0 Å². The lowest BCUT2D eigenvalue weighted by atomic mass is 10.1. The first-order chi connectivity index (χ1) is 15.6. The molecule has 0 fully saturated rings. The standard InChI is InChI=1S/C26H26N2O4/c1-2-3-18-32-26(31)22-16-10-11-17-23(22)27-24(29)25(30)28(21-14-8-5-9-15-21)19-20-12-6-4-7-13-20/h4-17H,2-3,18-19H2,1H3,(H,27,29). The zero-order valence-corrected chi connectivity index (χ0v) is 18.0. The second-order valence-electron chi connectivity index (χ2n) is 7.20. The van der Waals surface area contributed by atoms with E-state index in [-0.39, 0.29) is 17.8 Å². The van der Waals surface area contributed by atoms with Crippen molar-refractivity contribution in [2.75, 3.05) is 16.8 Å². The average molecular weight is 431 g/mol. The number of hydrogen-bond acceptors (Lipinski definition) is 4. The number of benzene rings is 3. The van der Waals surface area contributed by atoms with Crippen molar-refractivity contribution in [3.63, 3.8) is 0 Å². The van der Waals surface area contributed by atoms with E-state index in [1.807, 2.05) is 43.3 Å². The van der Waals surface area contributed by atoms with Gasteiger partial charge in [0.25, 0.3) is 0 Å². The predicted molar refractivity (Wildman–Crippen MR) is 124 cm³/mol. The van der Waals surface area contributed by atoms with Gasteiger partial charge < -0.3 is 10.1 Å². The van der Waals surface area contributed by atoms with Gasteiger partial charge in [0.1, 0.15) is 0 Å². The molecule has 0 aliphatic rings. The third kappa shape index (κ3) is 6.04. The number of para-hydroxylation sites is 2. The minimum absolute atomic E-state index is 0.207. The number of unbranched alkanes of at least 4 members (excludes halogenated alkanes) is 1. The van der Waals surface area contributed by atoms with E-state index in [2.05, 4.69) is 5.32 Å². The highest BCUT2D eigenvalue weighted by atomic mass is 16.5. The number of hydrogen-bond donors (Lipinski definition) is 1. The molecular weight excluding hydrogens is 404 g/mol. The van der Waals surface area contributed by atoms with Crippen LogP contribution in [0, 0.1) is 0 Å². The Morgan fingerprint density at radius 2 is 1.47 bits per heavy atom. The van der Waals surface area contributed by atoms with Crippen LogP contribution in [0.25, 0.3) is 0 Å². The molecule has 0 spiro atoms. The molecule has 0 aliphatic carbocycles. The molecule has 2 amide bonds. The largest absolute Gasteiger partial charge is 0.462 e. The molecule has 0 aromatic heterocycles. The SMILES string of the molecule is CCCCOC(=O)c1ccccc1NC(=O)C(=O)N(Cc1ccccc1)c1ccccc1. The highest BCUT2D eigenvalue weighted by Gasteiger charge is 2.25. The highest BCUT2D eigenvalue weighted by Crippen LogP contribution is 2.20. The predicted octanol–water partition coefficient (Wildman–Crippen LogP) is 4.82. The molecule has 1 N–H and O–H groups in total. The lowest BCUT2D eigenvalue weighted by Crippen LogP contribution is -2.39. The van der Waals surface area contributed by atoms with E-state index in [0.29, 0.717) is 12.3 Å². The van der Waals surface area contributed by atoms with E-state index in [1.54, 1.807) is 48.5 Å². The molecule has 0 heterocycles. The molecule has 3 aromatic rings. The quantitative estimate of drug-likeness (QED) is 0.316. The number of rotatable bonds is 8. The lowest BCUT2D eigenvalue weighted by Gasteiger charge is -2.22. The fourth-order valence-electron chi connectivity index (χ4n) is 3.11. The molecule has 0 saturated heterocycles. The Hall–Kier alpha value is -3.93. The molecule has 0 bridgehead atoms. The maximum Gasteiger partial charge on any atom is 0.340 e. The van der Waals surface area contributed by atoms with E-state index in [9.17, 15) is 14.4 Å². The second-order valence-corrected chi connectivity index (χ2v) is 7.20. The van der Waals surface area contributed by atoms with Crippen molar-refractivity contribution < 1.29 is 19.1 Å². The zero-order valence-electron chi connectivity index (χ0n) is 18.0. The van der Waals surface area contributed by atoms with Crippen LogP contribution < -0.4 is 10.2 Å². The summed E-state index contributed by atoms with van der Waals surface area (Å²) in [6.45, 7) is 2.54. The van der Waals surface area contributed by atoms with Crippen molar-refractivity contribution in [2.45, 2.75) is 26.3 Å². The van der Waals surface area contributed by atoms with Crippen molar-refractivity contribution >= 4 is 29.2 Å². The molecule has 3 rings (SSSR count). The minimum atomic E-state index is -0.835. The summed E-state index contributed by atoms with van der Waals surface area (Å²) in [6, 6.07) is 24.9. The van der Waals surface area contributed by atoms with Gasteiger partial charge in [-0.3, -0.25) is 14.5 Å². The fraction of sp³-hybridized carbons (Fsp3) is 0.192. The van der Waals surface area contributed by atoms with E-state index in [4.69, 9.17) is 4.74 Å². The topological polar surface area (TPSA) is 75.7 Å². The molecule has 6 nitrogen and oxygen atoms in total. The Kier molecular flexibility index (Phi) is 8.15. The Morgan fingerprint density at radius 1 is 0.844 bits per heavy atom. The van der Waals surface area contributed by atoms with Crippen LogP contribution in [-0.4, -0.2) is 24.4 Å².